The number of esters is 1. The van der Waals surface area contributed by atoms with Gasteiger partial charge >= 0.3 is 5.97 Å². The zero-order valence-corrected chi connectivity index (χ0v) is 20.9. The normalized spacial score (nSPS) is 14.3. The van der Waals surface area contributed by atoms with Gasteiger partial charge in [-0.2, -0.15) is 0 Å². The Bertz CT molecular complexity index is 1360. The van der Waals surface area contributed by atoms with Crippen molar-refractivity contribution in [1.29, 1.82) is 0 Å². The van der Waals surface area contributed by atoms with Crippen molar-refractivity contribution in [1.82, 2.24) is 5.32 Å². The van der Waals surface area contributed by atoms with Crippen LogP contribution in [0.4, 0.5) is 5.69 Å². The van der Waals surface area contributed by atoms with Crippen LogP contribution < -0.4 is 15.0 Å². The molecule has 0 unspecified atom stereocenters. The summed E-state index contributed by atoms with van der Waals surface area (Å²) < 4.78 is 10.8. The van der Waals surface area contributed by atoms with Crippen LogP contribution in [0.15, 0.2) is 90.5 Å². The van der Waals surface area contributed by atoms with E-state index >= 15 is 0 Å². The Balaban J connectivity index is 1.32. The molecule has 188 valence electrons. The van der Waals surface area contributed by atoms with E-state index in [1.54, 1.807) is 12.1 Å². The van der Waals surface area contributed by atoms with E-state index in [-0.39, 0.29) is 11.9 Å². The highest BCUT2D eigenvalue weighted by Crippen LogP contribution is 2.35. The van der Waals surface area contributed by atoms with Crippen molar-refractivity contribution in [2.45, 2.75) is 19.4 Å². The molecule has 0 radical (unpaired) electrons. The number of nitrogens with zero attached hydrogens (tertiary/aromatic N) is 1. The number of ether oxygens (including phenoxy) is 2. The van der Waals surface area contributed by atoms with Gasteiger partial charge in [-0.25, -0.2) is 4.79 Å². The summed E-state index contributed by atoms with van der Waals surface area (Å²) in [6, 6.07) is 21.4. The monoisotopic (exact) mass is 494 g/mol. The van der Waals surface area contributed by atoms with E-state index < -0.39 is 0 Å². The van der Waals surface area contributed by atoms with Crippen molar-refractivity contribution in [3.63, 3.8) is 0 Å². The molecule has 0 bridgehead atoms. The number of amides is 1. The molecule has 1 amide bonds. The van der Waals surface area contributed by atoms with Crippen LogP contribution in [0.1, 0.15) is 39.1 Å². The molecule has 1 N–H and O–H groups in total. The van der Waals surface area contributed by atoms with Gasteiger partial charge in [0.1, 0.15) is 12.4 Å². The largest absolute Gasteiger partial charge is 0.490 e. The van der Waals surface area contributed by atoms with Gasteiger partial charge in [0.2, 0.25) is 0 Å². The third-order valence-electron chi connectivity index (χ3n) is 6.70. The molecule has 3 aromatic rings. The molecule has 0 saturated heterocycles. The van der Waals surface area contributed by atoms with Crippen molar-refractivity contribution in [3.05, 3.63) is 107 Å². The number of carbonyl (C=O) groups excluding carboxylic acids is 2. The van der Waals surface area contributed by atoms with E-state index in [0.717, 1.165) is 53.1 Å². The second-order valence-electron chi connectivity index (χ2n) is 9.12. The Labute approximate surface area is 217 Å². The smallest absolute Gasteiger partial charge is 0.337 e. The number of hydrogen-bond acceptors (Lipinski definition) is 5. The first-order valence-electron chi connectivity index (χ1n) is 12.5. The number of methoxy groups -OCH3 is 1. The second kappa shape index (κ2) is 11.2. The van der Waals surface area contributed by atoms with Crippen LogP contribution in [0.3, 0.4) is 0 Å². The van der Waals surface area contributed by atoms with Gasteiger partial charge in [-0.05, 0) is 65.4 Å². The fourth-order valence-corrected chi connectivity index (χ4v) is 4.72. The number of fused-ring (bicyclic) bond motifs is 1. The molecule has 6 nitrogen and oxygen atoms in total. The van der Waals surface area contributed by atoms with Crippen molar-refractivity contribution >= 4 is 17.6 Å². The standard InChI is InChI=1S/C31H30N2O4/c1-36-31(35)24-13-11-23(12-14-24)27-10-6-5-9-26(27)21-33-17-18-37-29-19-25(15-16-28(29)33)30(34)32-20-22-7-3-2-4-8-22/h3,5-16,19H,2,4,17-18,20-21H2,1H3,(H,32,34). The summed E-state index contributed by atoms with van der Waals surface area (Å²) in [5.41, 5.74) is 6.53. The molecule has 0 fully saturated rings. The Hall–Kier alpha value is -4.32. The molecular weight excluding hydrogens is 464 g/mol. The van der Waals surface area contributed by atoms with E-state index in [1.165, 1.54) is 7.11 Å². The lowest BCUT2D eigenvalue weighted by Crippen LogP contribution is -2.33. The van der Waals surface area contributed by atoms with Crippen molar-refractivity contribution in [2.24, 2.45) is 0 Å². The summed E-state index contributed by atoms with van der Waals surface area (Å²) in [5.74, 6) is 0.264. The maximum atomic E-state index is 12.8. The minimum atomic E-state index is -0.347. The molecule has 1 aliphatic heterocycles. The zero-order valence-electron chi connectivity index (χ0n) is 20.9. The quantitative estimate of drug-likeness (QED) is 0.437. The van der Waals surface area contributed by atoms with Gasteiger partial charge in [0.15, 0.2) is 0 Å². The van der Waals surface area contributed by atoms with Crippen LogP contribution in [0.2, 0.25) is 0 Å². The van der Waals surface area contributed by atoms with E-state index in [4.69, 9.17) is 9.47 Å². The number of benzene rings is 3. The predicted octanol–water partition coefficient (Wildman–Crippen LogP) is 5.55. The molecule has 5 rings (SSSR count). The van der Waals surface area contributed by atoms with Crippen LogP contribution in [0.25, 0.3) is 11.1 Å². The van der Waals surface area contributed by atoms with Crippen LogP contribution in [0, 0.1) is 0 Å². The van der Waals surface area contributed by atoms with Crippen LogP contribution in [-0.4, -0.2) is 38.7 Å². The molecule has 37 heavy (non-hydrogen) atoms. The average molecular weight is 495 g/mol. The summed E-state index contributed by atoms with van der Waals surface area (Å²) in [7, 11) is 1.38. The van der Waals surface area contributed by atoms with Crippen molar-refractivity contribution in [2.75, 3.05) is 31.7 Å². The van der Waals surface area contributed by atoms with Gasteiger partial charge in [0.25, 0.3) is 5.91 Å². The lowest BCUT2D eigenvalue weighted by atomic mass is 9.98. The summed E-state index contributed by atoms with van der Waals surface area (Å²) in [4.78, 5) is 26.9. The minimum absolute atomic E-state index is 0.107. The average Bonchev–Trinajstić information content (AvgIpc) is 2.96. The minimum Gasteiger partial charge on any atom is -0.490 e. The summed E-state index contributed by atoms with van der Waals surface area (Å²) >= 11 is 0. The summed E-state index contributed by atoms with van der Waals surface area (Å²) in [6.07, 6.45) is 8.45. The number of hydrogen-bond donors (Lipinski definition) is 1. The van der Waals surface area contributed by atoms with Crippen LogP contribution in [-0.2, 0) is 11.3 Å². The Morgan fingerprint density at radius 1 is 1.00 bits per heavy atom. The number of rotatable bonds is 7. The fraction of sp³-hybridized carbons (Fsp3) is 0.226. The molecule has 0 aromatic heterocycles. The molecular formula is C31H30N2O4. The second-order valence-corrected chi connectivity index (χ2v) is 9.12. The number of allylic oxidation sites excluding steroid dienone is 2. The highest BCUT2D eigenvalue weighted by atomic mass is 16.5. The topological polar surface area (TPSA) is 67.9 Å². The third kappa shape index (κ3) is 5.59. The molecule has 1 heterocycles. The highest BCUT2D eigenvalue weighted by Gasteiger charge is 2.21. The van der Waals surface area contributed by atoms with E-state index in [0.29, 0.717) is 30.8 Å². The van der Waals surface area contributed by atoms with Gasteiger partial charge in [-0.15, -0.1) is 0 Å². The first-order chi connectivity index (χ1) is 18.1. The van der Waals surface area contributed by atoms with E-state index in [1.807, 2.05) is 42.5 Å². The first kappa shape index (κ1) is 24.4. The van der Waals surface area contributed by atoms with Gasteiger partial charge in [0, 0.05) is 18.7 Å². The summed E-state index contributed by atoms with van der Waals surface area (Å²) in [5, 5.41) is 3.01. The Morgan fingerprint density at radius 3 is 2.59 bits per heavy atom. The van der Waals surface area contributed by atoms with Crippen molar-refractivity contribution < 1.29 is 19.1 Å². The number of carbonyl (C=O) groups is 2. The van der Waals surface area contributed by atoms with E-state index in [2.05, 4.69) is 40.6 Å². The molecule has 1 aliphatic carbocycles. The Morgan fingerprint density at radius 2 is 1.81 bits per heavy atom. The van der Waals surface area contributed by atoms with E-state index in [9.17, 15) is 9.59 Å². The molecule has 2 aliphatic rings. The van der Waals surface area contributed by atoms with Gasteiger partial charge in [-0.3, -0.25) is 4.79 Å². The first-order valence-corrected chi connectivity index (χ1v) is 12.5. The number of nitrogens with one attached hydrogen (secondary N) is 1. The van der Waals surface area contributed by atoms with Crippen molar-refractivity contribution in [3.8, 4) is 16.9 Å². The number of anilines is 1. The third-order valence-corrected chi connectivity index (χ3v) is 6.70. The van der Waals surface area contributed by atoms with Crippen LogP contribution in [0.5, 0.6) is 5.75 Å². The molecule has 0 spiro atoms. The Kier molecular flexibility index (Phi) is 7.36. The molecule has 0 saturated carbocycles. The molecule has 3 aromatic carbocycles. The van der Waals surface area contributed by atoms with Gasteiger partial charge < -0.3 is 19.7 Å². The molecule has 0 atom stereocenters. The van der Waals surface area contributed by atoms with Gasteiger partial charge in [0.05, 0.1) is 24.9 Å². The SMILES string of the molecule is COC(=O)c1ccc(-c2ccccc2CN2CCOc3cc(C(=O)NCC4=CCCC=C4)ccc32)cc1. The fourth-order valence-electron chi connectivity index (χ4n) is 4.72. The lowest BCUT2D eigenvalue weighted by molar-refractivity contribution is 0.0600. The maximum Gasteiger partial charge on any atom is 0.337 e. The predicted molar refractivity (Wildman–Crippen MR) is 145 cm³/mol. The van der Waals surface area contributed by atoms with Crippen LogP contribution >= 0.6 is 0 Å². The highest BCUT2D eigenvalue weighted by molar-refractivity contribution is 5.95. The maximum absolute atomic E-state index is 12.8. The zero-order chi connectivity index (χ0) is 25.6. The summed E-state index contributed by atoms with van der Waals surface area (Å²) in [6.45, 7) is 2.51. The molecule has 6 heteroatoms. The van der Waals surface area contributed by atoms with Gasteiger partial charge in [-0.1, -0.05) is 54.6 Å². The lowest BCUT2D eigenvalue weighted by Gasteiger charge is -2.32.